The van der Waals surface area contributed by atoms with Crippen molar-refractivity contribution in [3.63, 3.8) is 0 Å². The molecule has 0 fully saturated rings. The first-order valence-corrected chi connectivity index (χ1v) is 6.73. The summed E-state index contributed by atoms with van der Waals surface area (Å²) < 4.78 is 0. The van der Waals surface area contributed by atoms with Gasteiger partial charge >= 0.3 is 0 Å². The third kappa shape index (κ3) is 3.77. The molecule has 5 nitrogen and oxygen atoms in total. The normalized spacial score (nSPS) is 11.9. The number of aromatic nitrogens is 1. The number of carbonyl (C=O) groups excluding carboxylic acids is 1. The molecule has 3 N–H and O–H groups in total. The number of thiazole rings is 1. The number of anilines is 2. The van der Waals surface area contributed by atoms with Gasteiger partial charge in [0.05, 0.1) is 6.04 Å². The summed E-state index contributed by atoms with van der Waals surface area (Å²) in [5.41, 5.74) is 1.54. The maximum absolute atomic E-state index is 11.1. The zero-order valence-corrected chi connectivity index (χ0v) is 11.3. The molecule has 0 saturated heterocycles. The summed E-state index contributed by atoms with van der Waals surface area (Å²) in [6.45, 7) is 1.50. The molecule has 0 aliphatic heterocycles. The van der Waals surface area contributed by atoms with Crippen LogP contribution in [0.25, 0.3) is 0 Å². The van der Waals surface area contributed by atoms with Crippen LogP contribution in [0.2, 0.25) is 0 Å². The molecule has 0 saturated carbocycles. The van der Waals surface area contributed by atoms with Crippen molar-refractivity contribution in [3.8, 4) is 0 Å². The zero-order valence-electron chi connectivity index (χ0n) is 10.5. The van der Waals surface area contributed by atoms with Crippen molar-refractivity contribution in [2.45, 2.75) is 13.0 Å². The average molecular weight is 277 g/mol. The van der Waals surface area contributed by atoms with Gasteiger partial charge < -0.3 is 15.7 Å². The van der Waals surface area contributed by atoms with Gasteiger partial charge in [-0.1, -0.05) is 6.07 Å². The molecule has 2 rings (SSSR count). The maximum atomic E-state index is 11.1. The molecule has 1 amide bonds. The summed E-state index contributed by atoms with van der Waals surface area (Å²) in [7, 11) is 0. The molecule has 0 bridgehead atoms. The number of hydrogen-bond donors (Lipinski definition) is 3. The summed E-state index contributed by atoms with van der Waals surface area (Å²) in [4.78, 5) is 15.4. The Bertz CT molecular complexity index is 543. The fourth-order valence-corrected chi connectivity index (χ4v) is 2.29. The van der Waals surface area contributed by atoms with E-state index in [-0.39, 0.29) is 6.04 Å². The molecule has 0 aliphatic carbocycles. The molecule has 0 radical (unpaired) electrons. The minimum Gasteiger partial charge on any atom is -0.387 e. The highest BCUT2D eigenvalue weighted by molar-refractivity contribution is 7.09. The van der Waals surface area contributed by atoms with Crippen molar-refractivity contribution in [1.82, 2.24) is 4.98 Å². The second-order valence-electron chi connectivity index (χ2n) is 4.02. The number of rotatable bonds is 5. The second-order valence-corrected chi connectivity index (χ2v) is 4.95. The number of nitrogens with one attached hydrogen (secondary N) is 2. The Morgan fingerprint density at radius 1 is 1.47 bits per heavy atom. The molecular formula is C13H15N3O2S. The topological polar surface area (TPSA) is 74.2 Å². The average Bonchev–Trinajstić information content (AvgIpc) is 2.93. The van der Waals surface area contributed by atoms with E-state index in [1.807, 2.05) is 30.5 Å². The first-order chi connectivity index (χ1) is 9.19. The second kappa shape index (κ2) is 6.31. The molecule has 0 spiro atoms. The molecule has 1 aromatic heterocycles. The van der Waals surface area contributed by atoms with Gasteiger partial charge in [0, 0.05) is 23.0 Å². The molecule has 100 valence electrons. The first kappa shape index (κ1) is 13.5. The molecule has 6 heteroatoms. The lowest BCUT2D eigenvalue weighted by Gasteiger charge is -2.13. The summed E-state index contributed by atoms with van der Waals surface area (Å²) in [6.07, 6.45) is 1.77. The van der Waals surface area contributed by atoms with Crippen molar-refractivity contribution >= 4 is 28.6 Å². The Kier molecular flexibility index (Phi) is 4.48. The van der Waals surface area contributed by atoms with Crippen molar-refractivity contribution in [1.29, 1.82) is 0 Å². The van der Waals surface area contributed by atoms with Gasteiger partial charge in [-0.25, -0.2) is 4.98 Å². The molecule has 19 heavy (non-hydrogen) atoms. The Hall–Kier alpha value is -1.92. The molecule has 1 aromatic carbocycles. The largest absolute Gasteiger partial charge is 0.387 e. The number of hydrogen-bond acceptors (Lipinski definition) is 5. The van der Waals surface area contributed by atoms with Crippen LogP contribution in [0.15, 0.2) is 35.8 Å². The number of amides is 1. The van der Waals surface area contributed by atoms with Gasteiger partial charge in [-0.3, -0.25) is 4.79 Å². The van der Waals surface area contributed by atoms with Crippen LogP contribution in [0.5, 0.6) is 0 Å². The Morgan fingerprint density at radius 2 is 2.26 bits per heavy atom. The van der Waals surface area contributed by atoms with Crippen LogP contribution < -0.4 is 10.6 Å². The van der Waals surface area contributed by atoms with Crippen LogP contribution in [-0.4, -0.2) is 22.6 Å². The summed E-state index contributed by atoms with van der Waals surface area (Å²) in [5.74, 6) is -0.426. The fraction of sp³-hybridized carbons (Fsp3) is 0.231. The Labute approximate surface area is 115 Å². The van der Waals surface area contributed by atoms with Gasteiger partial charge in [0.15, 0.2) is 0 Å². The van der Waals surface area contributed by atoms with Crippen LogP contribution in [0.3, 0.4) is 0 Å². The van der Waals surface area contributed by atoms with Crippen molar-refractivity contribution in [3.05, 3.63) is 40.8 Å². The van der Waals surface area contributed by atoms with E-state index < -0.39 is 12.5 Å². The maximum Gasteiger partial charge on any atom is 0.250 e. The third-order valence-corrected chi connectivity index (χ3v) is 3.45. The number of benzene rings is 1. The van der Waals surface area contributed by atoms with Gasteiger partial charge in [0.2, 0.25) is 5.91 Å². The zero-order chi connectivity index (χ0) is 13.7. The van der Waals surface area contributed by atoms with E-state index in [9.17, 15) is 4.79 Å². The summed E-state index contributed by atoms with van der Waals surface area (Å²) in [5, 5.41) is 17.5. The van der Waals surface area contributed by atoms with Crippen LogP contribution in [-0.2, 0) is 4.79 Å². The number of aliphatic hydroxyl groups excluding tert-OH is 1. The molecule has 1 unspecified atom stereocenters. The summed E-state index contributed by atoms with van der Waals surface area (Å²) >= 11 is 1.59. The van der Waals surface area contributed by atoms with Gasteiger partial charge in [-0.05, 0) is 25.1 Å². The first-order valence-electron chi connectivity index (χ1n) is 5.85. The number of nitrogens with zero attached hydrogens (tertiary/aromatic N) is 1. The van der Waals surface area contributed by atoms with Crippen molar-refractivity contribution in [2.24, 2.45) is 0 Å². The van der Waals surface area contributed by atoms with Crippen molar-refractivity contribution < 1.29 is 9.90 Å². The van der Waals surface area contributed by atoms with Crippen LogP contribution >= 0.6 is 11.3 Å². The highest BCUT2D eigenvalue weighted by Crippen LogP contribution is 2.22. The standard InChI is InChI=1S/C13H15N3O2S/c1-9(13-14-5-6-19-13)15-10-3-2-4-11(7-10)16-12(18)8-17/h2-7,9,15,17H,8H2,1H3,(H,16,18). The lowest BCUT2D eigenvalue weighted by molar-refractivity contribution is -0.118. The van der Waals surface area contributed by atoms with E-state index in [1.54, 1.807) is 23.6 Å². The third-order valence-electron chi connectivity index (χ3n) is 2.49. The van der Waals surface area contributed by atoms with Crippen molar-refractivity contribution in [2.75, 3.05) is 17.2 Å². The van der Waals surface area contributed by atoms with E-state index in [2.05, 4.69) is 15.6 Å². The van der Waals surface area contributed by atoms with E-state index >= 15 is 0 Å². The van der Waals surface area contributed by atoms with E-state index in [0.29, 0.717) is 5.69 Å². The van der Waals surface area contributed by atoms with E-state index in [4.69, 9.17) is 5.11 Å². The van der Waals surface area contributed by atoms with Gasteiger partial charge in [-0.2, -0.15) is 0 Å². The lowest BCUT2D eigenvalue weighted by Crippen LogP contribution is -2.15. The van der Waals surface area contributed by atoms with Crippen LogP contribution in [0.1, 0.15) is 18.0 Å². The van der Waals surface area contributed by atoms with Gasteiger partial charge in [-0.15, -0.1) is 11.3 Å². The predicted octanol–water partition coefficient (Wildman–Crippen LogP) is 2.25. The summed E-state index contributed by atoms with van der Waals surface area (Å²) in [6, 6.07) is 7.44. The Balaban J connectivity index is 2.04. The smallest absolute Gasteiger partial charge is 0.250 e. The SMILES string of the molecule is CC(Nc1cccc(NC(=O)CO)c1)c1nccs1. The quantitative estimate of drug-likeness (QED) is 0.783. The predicted molar refractivity (Wildman–Crippen MR) is 76.3 cm³/mol. The van der Waals surface area contributed by atoms with E-state index in [1.165, 1.54) is 0 Å². The highest BCUT2D eigenvalue weighted by atomic mass is 32.1. The molecule has 1 heterocycles. The number of aliphatic hydroxyl groups is 1. The van der Waals surface area contributed by atoms with E-state index in [0.717, 1.165) is 10.7 Å². The monoisotopic (exact) mass is 277 g/mol. The molecule has 1 atom stereocenters. The highest BCUT2D eigenvalue weighted by Gasteiger charge is 2.08. The lowest BCUT2D eigenvalue weighted by atomic mass is 10.2. The van der Waals surface area contributed by atoms with Gasteiger partial charge in [0.1, 0.15) is 11.6 Å². The molecular weight excluding hydrogens is 262 g/mol. The van der Waals surface area contributed by atoms with Crippen LogP contribution in [0.4, 0.5) is 11.4 Å². The fourth-order valence-electron chi connectivity index (χ4n) is 1.65. The Morgan fingerprint density at radius 3 is 2.95 bits per heavy atom. The molecule has 0 aliphatic rings. The minimum atomic E-state index is -0.521. The van der Waals surface area contributed by atoms with Crippen LogP contribution in [0, 0.1) is 0 Å². The minimum absolute atomic E-state index is 0.101. The number of carbonyl (C=O) groups is 1. The van der Waals surface area contributed by atoms with Gasteiger partial charge in [0.25, 0.3) is 0 Å². The molecule has 2 aromatic rings.